The zero-order chi connectivity index (χ0) is 10.1. The number of carboxylic acids is 1. The topological polar surface area (TPSA) is 70.9 Å². The van der Waals surface area contributed by atoms with Crippen molar-refractivity contribution >= 4 is 23.5 Å². The highest BCUT2D eigenvalue weighted by atomic mass is 35.5. The number of aliphatic carboxylic acids is 1. The van der Waals surface area contributed by atoms with Crippen molar-refractivity contribution in [2.24, 2.45) is 4.99 Å². The number of ether oxygens (including phenoxy) is 1. The maximum Gasteiger partial charge on any atom is 0.369 e. The quantitative estimate of drug-likeness (QED) is 0.483. The van der Waals surface area contributed by atoms with Crippen LogP contribution in [0, 0.1) is 0 Å². The Balaban J connectivity index is 3.01. The Hall–Kier alpha value is -1.23. The van der Waals surface area contributed by atoms with Gasteiger partial charge in [0.1, 0.15) is 0 Å². The smallest absolute Gasteiger partial charge is 0.369 e. The number of alkyl halides is 1. The molecule has 0 aliphatic carbocycles. The molecule has 1 unspecified atom stereocenters. The van der Waals surface area contributed by atoms with Crippen LogP contribution in [0.1, 0.15) is 6.92 Å². The Kier molecular flexibility index (Phi) is 2.47. The summed E-state index contributed by atoms with van der Waals surface area (Å²) in [6.07, 6.45) is 1.56. The molecule has 0 aromatic heterocycles. The van der Waals surface area contributed by atoms with E-state index in [-0.39, 0.29) is 5.90 Å². The number of hydrogen-bond acceptors (Lipinski definition) is 4. The largest absolute Gasteiger partial charge is 0.481 e. The Morgan fingerprint density at radius 1 is 1.85 bits per heavy atom. The van der Waals surface area contributed by atoms with E-state index in [4.69, 9.17) is 21.4 Å². The second-order valence-electron chi connectivity index (χ2n) is 2.53. The summed E-state index contributed by atoms with van der Waals surface area (Å²) >= 11 is 5.66. The van der Waals surface area contributed by atoms with E-state index in [1.807, 2.05) is 0 Å². The third kappa shape index (κ3) is 1.92. The second kappa shape index (κ2) is 3.26. The van der Waals surface area contributed by atoms with E-state index in [0.717, 1.165) is 0 Å². The normalized spacial score (nSPS) is 27.0. The molecule has 1 heterocycles. The van der Waals surface area contributed by atoms with E-state index in [9.17, 15) is 4.79 Å². The van der Waals surface area contributed by atoms with Crippen LogP contribution < -0.4 is 5.32 Å². The lowest BCUT2D eigenvalue weighted by molar-refractivity contribution is -0.140. The average Bonchev–Trinajstić information content (AvgIpc) is 2.02. The van der Waals surface area contributed by atoms with Gasteiger partial charge in [-0.05, 0) is 6.92 Å². The van der Waals surface area contributed by atoms with Crippen LogP contribution in [-0.2, 0) is 9.53 Å². The van der Waals surface area contributed by atoms with Crippen LogP contribution in [0.15, 0.2) is 16.8 Å². The Bertz CT molecular complexity index is 300. The summed E-state index contributed by atoms with van der Waals surface area (Å²) in [4.78, 5) is 14.4. The van der Waals surface area contributed by atoms with Gasteiger partial charge < -0.3 is 15.2 Å². The highest BCUT2D eigenvalue weighted by molar-refractivity contribution is 6.34. The van der Waals surface area contributed by atoms with E-state index in [1.165, 1.54) is 7.11 Å². The van der Waals surface area contributed by atoms with Crippen molar-refractivity contribution in [1.82, 2.24) is 5.32 Å². The van der Waals surface area contributed by atoms with Gasteiger partial charge in [0.15, 0.2) is 0 Å². The number of methoxy groups -OCH3 is 1. The third-order valence-electron chi connectivity index (χ3n) is 1.46. The summed E-state index contributed by atoms with van der Waals surface area (Å²) in [5, 5.41) is 9.42. The molecule has 0 saturated carbocycles. The summed E-state index contributed by atoms with van der Waals surface area (Å²) in [7, 11) is 1.40. The van der Waals surface area contributed by atoms with E-state index in [2.05, 4.69) is 10.3 Å². The highest BCUT2D eigenvalue weighted by Crippen LogP contribution is 2.20. The van der Waals surface area contributed by atoms with Crippen molar-refractivity contribution in [3.63, 3.8) is 0 Å². The zero-order valence-corrected chi connectivity index (χ0v) is 7.92. The van der Waals surface area contributed by atoms with Gasteiger partial charge in [0, 0.05) is 11.8 Å². The minimum absolute atomic E-state index is 0.189. The number of carbonyl (C=O) groups is 1. The zero-order valence-electron chi connectivity index (χ0n) is 7.17. The summed E-state index contributed by atoms with van der Waals surface area (Å²) in [5.41, 5.74) is 0.587. The average molecular weight is 205 g/mol. The van der Waals surface area contributed by atoms with Gasteiger partial charge in [0.2, 0.25) is 5.90 Å². The summed E-state index contributed by atoms with van der Waals surface area (Å²) in [5.74, 6) is -1.08. The van der Waals surface area contributed by atoms with E-state index in [0.29, 0.717) is 5.70 Å². The lowest BCUT2D eigenvalue weighted by Crippen LogP contribution is -2.47. The van der Waals surface area contributed by atoms with Crippen molar-refractivity contribution in [3.05, 3.63) is 11.8 Å². The van der Waals surface area contributed by atoms with Gasteiger partial charge in [-0.1, -0.05) is 11.6 Å². The number of carboxylic acid groups (broad SMARTS) is 1. The Labute approximate surface area is 80.1 Å². The first-order valence-corrected chi connectivity index (χ1v) is 3.88. The lowest BCUT2D eigenvalue weighted by atomic mass is 10.3. The molecule has 6 heteroatoms. The summed E-state index contributed by atoms with van der Waals surface area (Å²) < 4.78 is 4.79. The van der Waals surface area contributed by atoms with Crippen LogP contribution in [0.4, 0.5) is 0 Å². The fourth-order valence-corrected chi connectivity index (χ4v) is 1.13. The molecular formula is C7H9ClN2O3. The molecule has 72 valence electrons. The van der Waals surface area contributed by atoms with Gasteiger partial charge >= 0.3 is 11.1 Å². The molecular weight excluding hydrogens is 196 g/mol. The number of nitrogens with one attached hydrogen (secondary N) is 1. The van der Waals surface area contributed by atoms with Crippen LogP contribution in [0.2, 0.25) is 0 Å². The van der Waals surface area contributed by atoms with Crippen molar-refractivity contribution in [2.45, 2.75) is 12.0 Å². The van der Waals surface area contributed by atoms with E-state index < -0.39 is 11.1 Å². The van der Waals surface area contributed by atoms with Gasteiger partial charge in [-0.25, -0.2) is 4.79 Å². The molecule has 0 fully saturated rings. The molecule has 0 radical (unpaired) electrons. The molecule has 0 amide bonds. The first kappa shape index (κ1) is 9.85. The van der Waals surface area contributed by atoms with Crippen molar-refractivity contribution in [3.8, 4) is 0 Å². The Morgan fingerprint density at radius 3 is 2.92 bits per heavy atom. The SMILES string of the molecule is COC1=NC(Cl)(C(=O)O)NC(C)=C1. The molecule has 1 aliphatic heterocycles. The monoisotopic (exact) mass is 204 g/mol. The van der Waals surface area contributed by atoms with Crippen LogP contribution in [0.5, 0.6) is 0 Å². The maximum absolute atomic E-state index is 10.7. The van der Waals surface area contributed by atoms with Gasteiger partial charge in [0.05, 0.1) is 7.11 Å². The van der Waals surface area contributed by atoms with Gasteiger partial charge in [-0.15, -0.1) is 0 Å². The van der Waals surface area contributed by atoms with Crippen molar-refractivity contribution in [1.29, 1.82) is 0 Å². The van der Waals surface area contributed by atoms with Gasteiger partial charge in [-0.2, -0.15) is 4.99 Å². The molecule has 0 saturated heterocycles. The fraction of sp³-hybridized carbons (Fsp3) is 0.429. The molecule has 1 atom stereocenters. The second-order valence-corrected chi connectivity index (χ2v) is 3.08. The lowest BCUT2D eigenvalue weighted by Gasteiger charge is -2.24. The van der Waals surface area contributed by atoms with Gasteiger partial charge in [0.25, 0.3) is 0 Å². The molecule has 0 aromatic carbocycles. The van der Waals surface area contributed by atoms with Crippen LogP contribution >= 0.6 is 11.6 Å². The molecule has 0 aromatic rings. The first-order valence-electron chi connectivity index (χ1n) is 3.50. The molecule has 1 rings (SSSR count). The minimum Gasteiger partial charge on any atom is -0.481 e. The predicted octanol–water partition coefficient (Wildman–Crippen LogP) is 0.516. The van der Waals surface area contributed by atoms with Gasteiger partial charge in [-0.3, -0.25) is 0 Å². The number of allylic oxidation sites excluding steroid dienone is 1. The minimum atomic E-state index is -1.84. The third-order valence-corrected chi connectivity index (χ3v) is 1.80. The van der Waals surface area contributed by atoms with Crippen molar-refractivity contribution in [2.75, 3.05) is 7.11 Å². The standard InChI is InChI=1S/C7H9ClN2O3/c1-4-3-5(13-2)10-7(8,9-4)6(11)12/h3,9H,1-2H3,(H,11,12). The molecule has 0 spiro atoms. The summed E-state index contributed by atoms with van der Waals surface area (Å²) in [6.45, 7) is 1.67. The number of nitrogens with zero attached hydrogens (tertiary/aromatic N) is 1. The number of rotatable bonds is 1. The molecule has 2 N–H and O–H groups in total. The van der Waals surface area contributed by atoms with E-state index in [1.54, 1.807) is 13.0 Å². The van der Waals surface area contributed by atoms with Crippen LogP contribution in [0.25, 0.3) is 0 Å². The highest BCUT2D eigenvalue weighted by Gasteiger charge is 2.38. The molecule has 13 heavy (non-hydrogen) atoms. The first-order chi connectivity index (χ1) is 5.98. The van der Waals surface area contributed by atoms with E-state index >= 15 is 0 Å². The molecule has 0 bridgehead atoms. The predicted molar refractivity (Wildman–Crippen MR) is 47.6 cm³/mol. The molecule has 5 nitrogen and oxygen atoms in total. The fourth-order valence-electron chi connectivity index (χ4n) is 0.901. The number of aliphatic imine (C=N–C) groups is 1. The molecule has 1 aliphatic rings. The maximum atomic E-state index is 10.7. The van der Waals surface area contributed by atoms with Crippen molar-refractivity contribution < 1.29 is 14.6 Å². The van der Waals surface area contributed by atoms with Crippen LogP contribution in [-0.4, -0.2) is 29.2 Å². The number of halogens is 1. The van der Waals surface area contributed by atoms with Crippen LogP contribution in [0.3, 0.4) is 0 Å². The number of hydrogen-bond donors (Lipinski definition) is 2. The Morgan fingerprint density at radius 2 is 2.46 bits per heavy atom. The summed E-state index contributed by atoms with van der Waals surface area (Å²) in [6, 6.07) is 0.